The van der Waals surface area contributed by atoms with Gasteiger partial charge in [-0.25, -0.2) is 14.8 Å². The summed E-state index contributed by atoms with van der Waals surface area (Å²) in [6.07, 6.45) is 3.46. The average Bonchev–Trinajstić information content (AvgIpc) is 3.23. The molecule has 0 radical (unpaired) electrons. The van der Waals surface area contributed by atoms with Crippen LogP contribution >= 0.6 is 0 Å². The maximum absolute atomic E-state index is 11.1. The van der Waals surface area contributed by atoms with E-state index >= 15 is 0 Å². The second-order valence-electron chi connectivity index (χ2n) is 4.44. The maximum atomic E-state index is 11.1. The van der Waals surface area contributed by atoms with Gasteiger partial charge in [-0.05, 0) is 12.8 Å². The van der Waals surface area contributed by atoms with Crippen LogP contribution < -0.4 is 0 Å². The Kier molecular flexibility index (Phi) is 2.55. The third-order valence-electron chi connectivity index (χ3n) is 3.04. The van der Waals surface area contributed by atoms with E-state index in [1.54, 1.807) is 0 Å². The molecule has 0 aliphatic heterocycles. The van der Waals surface area contributed by atoms with Crippen LogP contribution in [0.3, 0.4) is 0 Å². The molecular weight excluding hydrogens is 228 g/mol. The lowest BCUT2D eigenvalue weighted by Gasteiger charge is -2.06. The number of carboxylic acid groups (broad SMARTS) is 1. The first kappa shape index (κ1) is 10.9. The summed E-state index contributed by atoms with van der Waals surface area (Å²) in [6.45, 7) is 0. The molecule has 0 atom stereocenters. The summed E-state index contributed by atoms with van der Waals surface area (Å²) in [5, 5.41) is 9.12. The molecule has 1 aromatic heterocycles. The lowest BCUT2D eigenvalue weighted by atomic mass is 10.1. The number of benzene rings is 1. The van der Waals surface area contributed by atoms with Crippen LogP contribution in [-0.2, 0) is 0 Å². The van der Waals surface area contributed by atoms with Crippen molar-refractivity contribution in [2.45, 2.75) is 18.8 Å². The van der Waals surface area contributed by atoms with Gasteiger partial charge >= 0.3 is 5.97 Å². The first-order valence-electron chi connectivity index (χ1n) is 5.91. The quantitative estimate of drug-likeness (QED) is 0.895. The molecule has 0 unspecified atom stereocenters. The van der Waals surface area contributed by atoms with Crippen LogP contribution in [-0.4, -0.2) is 21.0 Å². The zero-order valence-electron chi connectivity index (χ0n) is 9.71. The first-order chi connectivity index (χ1) is 8.75. The van der Waals surface area contributed by atoms with Crippen LogP contribution in [0.15, 0.2) is 36.5 Å². The van der Waals surface area contributed by atoms with E-state index in [0.29, 0.717) is 17.4 Å². The lowest BCUT2D eigenvalue weighted by molar-refractivity contribution is 0.0694. The highest BCUT2D eigenvalue weighted by atomic mass is 16.4. The predicted molar refractivity (Wildman–Crippen MR) is 66.4 cm³/mol. The summed E-state index contributed by atoms with van der Waals surface area (Å²) in [5.74, 6) is -0.0550. The van der Waals surface area contributed by atoms with Gasteiger partial charge in [0.2, 0.25) is 0 Å². The first-order valence-corrected chi connectivity index (χ1v) is 5.91. The second kappa shape index (κ2) is 4.22. The van der Waals surface area contributed by atoms with E-state index in [4.69, 9.17) is 5.11 Å². The molecule has 0 amide bonds. The van der Waals surface area contributed by atoms with Gasteiger partial charge in [0.15, 0.2) is 5.82 Å². The van der Waals surface area contributed by atoms with E-state index in [0.717, 1.165) is 18.4 Å². The van der Waals surface area contributed by atoms with Gasteiger partial charge in [0.1, 0.15) is 0 Å². The second-order valence-corrected chi connectivity index (χ2v) is 4.44. The Balaban J connectivity index is 2.08. The minimum atomic E-state index is -0.948. The molecule has 1 N–H and O–H groups in total. The van der Waals surface area contributed by atoms with E-state index < -0.39 is 5.97 Å². The number of carbonyl (C=O) groups is 1. The van der Waals surface area contributed by atoms with Crippen molar-refractivity contribution in [1.29, 1.82) is 0 Å². The van der Waals surface area contributed by atoms with Crippen molar-refractivity contribution in [3.05, 3.63) is 47.8 Å². The highest BCUT2D eigenvalue weighted by Gasteiger charge is 2.30. The van der Waals surface area contributed by atoms with Crippen molar-refractivity contribution >= 4 is 5.97 Å². The number of aromatic carboxylic acids is 1. The van der Waals surface area contributed by atoms with Gasteiger partial charge in [-0.2, -0.15) is 0 Å². The average molecular weight is 240 g/mol. The highest BCUT2D eigenvalue weighted by Crippen LogP contribution is 2.40. The number of rotatable bonds is 3. The van der Waals surface area contributed by atoms with Gasteiger partial charge in [0.05, 0.1) is 11.3 Å². The zero-order chi connectivity index (χ0) is 12.5. The van der Waals surface area contributed by atoms with Gasteiger partial charge in [-0.15, -0.1) is 0 Å². The number of carboxylic acids is 1. The fraction of sp³-hybridized carbons (Fsp3) is 0.214. The number of hydrogen-bond acceptors (Lipinski definition) is 3. The van der Waals surface area contributed by atoms with Crippen LogP contribution in [0.25, 0.3) is 11.4 Å². The summed E-state index contributed by atoms with van der Waals surface area (Å²) in [5.41, 5.74) is 1.82. The molecule has 4 nitrogen and oxygen atoms in total. The summed E-state index contributed by atoms with van der Waals surface area (Å²) in [6, 6.07) is 9.61. The van der Waals surface area contributed by atoms with Crippen molar-refractivity contribution < 1.29 is 9.90 Å². The SMILES string of the molecule is O=C(O)c1cnc(-c2ccccc2)nc1C1CC1. The Morgan fingerprint density at radius 2 is 1.94 bits per heavy atom. The summed E-state index contributed by atoms with van der Waals surface area (Å²) in [7, 11) is 0. The van der Waals surface area contributed by atoms with Crippen molar-refractivity contribution in [3.8, 4) is 11.4 Å². The number of nitrogens with zero attached hydrogens (tertiary/aromatic N) is 2. The lowest BCUT2D eigenvalue weighted by Crippen LogP contribution is -2.06. The molecule has 1 aliphatic rings. The third-order valence-corrected chi connectivity index (χ3v) is 3.04. The van der Waals surface area contributed by atoms with Crippen LogP contribution in [0.2, 0.25) is 0 Å². The van der Waals surface area contributed by atoms with E-state index in [2.05, 4.69) is 9.97 Å². The summed E-state index contributed by atoms with van der Waals surface area (Å²) >= 11 is 0. The fourth-order valence-electron chi connectivity index (χ4n) is 1.95. The van der Waals surface area contributed by atoms with Gasteiger partial charge in [-0.1, -0.05) is 30.3 Å². The van der Waals surface area contributed by atoms with Crippen molar-refractivity contribution in [1.82, 2.24) is 9.97 Å². The molecule has 3 rings (SSSR count). The van der Waals surface area contributed by atoms with Crippen molar-refractivity contribution in [3.63, 3.8) is 0 Å². The van der Waals surface area contributed by atoms with Crippen LogP contribution in [0.4, 0.5) is 0 Å². The Bertz CT molecular complexity index is 592. The van der Waals surface area contributed by atoms with E-state index in [-0.39, 0.29) is 5.56 Å². The smallest absolute Gasteiger partial charge is 0.339 e. The van der Waals surface area contributed by atoms with E-state index in [1.807, 2.05) is 30.3 Å². The molecule has 1 heterocycles. The molecule has 1 aliphatic carbocycles. The standard InChI is InChI=1S/C14H12N2O2/c17-14(18)11-8-15-13(10-4-2-1-3-5-10)16-12(11)9-6-7-9/h1-5,8-9H,6-7H2,(H,17,18). The number of hydrogen-bond donors (Lipinski definition) is 1. The number of aromatic nitrogens is 2. The van der Waals surface area contributed by atoms with Crippen molar-refractivity contribution in [2.24, 2.45) is 0 Å². The normalized spacial score (nSPS) is 14.4. The Hall–Kier alpha value is -2.23. The van der Waals surface area contributed by atoms with Gasteiger partial charge < -0.3 is 5.11 Å². The molecular formula is C14H12N2O2. The van der Waals surface area contributed by atoms with Crippen LogP contribution in [0, 0.1) is 0 Å². The van der Waals surface area contributed by atoms with Gasteiger partial charge in [0.25, 0.3) is 0 Å². The molecule has 0 saturated heterocycles. The van der Waals surface area contributed by atoms with Gasteiger partial charge in [0, 0.05) is 17.7 Å². The fourth-order valence-corrected chi connectivity index (χ4v) is 1.95. The monoisotopic (exact) mass is 240 g/mol. The van der Waals surface area contributed by atoms with E-state index in [9.17, 15) is 4.79 Å². The van der Waals surface area contributed by atoms with E-state index in [1.165, 1.54) is 6.20 Å². The molecule has 2 aromatic rings. The Morgan fingerprint density at radius 1 is 1.22 bits per heavy atom. The van der Waals surface area contributed by atoms with Crippen molar-refractivity contribution in [2.75, 3.05) is 0 Å². The molecule has 4 heteroatoms. The molecule has 1 saturated carbocycles. The predicted octanol–water partition coefficient (Wildman–Crippen LogP) is 2.72. The Morgan fingerprint density at radius 3 is 2.56 bits per heavy atom. The largest absolute Gasteiger partial charge is 0.478 e. The highest BCUT2D eigenvalue weighted by molar-refractivity contribution is 5.89. The molecule has 90 valence electrons. The maximum Gasteiger partial charge on any atom is 0.339 e. The minimum absolute atomic E-state index is 0.234. The molecule has 1 fully saturated rings. The molecule has 0 spiro atoms. The molecule has 0 bridgehead atoms. The van der Waals surface area contributed by atoms with Crippen LogP contribution in [0.1, 0.15) is 34.8 Å². The zero-order valence-corrected chi connectivity index (χ0v) is 9.71. The topological polar surface area (TPSA) is 63.1 Å². The minimum Gasteiger partial charge on any atom is -0.478 e. The molecule has 18 heavy (non-hydrogen) atoms. The van der Waals surface area contributed by atoms with Crippen LogP contribution in [0.5, 0.6) is 0 Å². The summed E-state index contributed by atoms with van der Waals surface area (Å²) < 4.78 is 0. The third kappa shape index (κ3) is 1.97. The summed E-state index contributed by atoms with van der Waals surface area (Å²) in [4.78, 5) is 19.7. The molecule has 1 aromatic carbocycles. The van der Waals surface area contributed by atoms with Gasteiger partial charge in [-0.3, -0.25) is 0 Å². The Labute approximate surface area is 104 Å².